The average Bonchev–Trinajstić information content (AvgIpc) is 2.48. The number of hydrogen-bond acceptors (Lipinski definition) is 4. The first-order valence-corrected chi connectivity index (χ1v) is 9.49. The van der Waals surface area contributed by atoms with Gasteiger partial charge in [0, 0.05) is 42.8 Å². The summed E-state index contributed by atoms with van der Waals surface area (Å²) in [4.78, 5) is 14.0. The lowest BCUT2D eigenvalue weighted by Gasteiger charge is -2.31. The molecule has 0 spiro atoms. The summed E-state index contributed by atoms with van der Waals surface area (Å²) < 4.78 is 26.8. The Bertz CT molecular complexity index is 611. The average molecular weight is 390 g/mol. The second-order valence-corrected chi connectivity index (χ2v) is 8.33. The molecule has 0 bridgehead atoms. The molecule has 1 aromatic rings. The fourth-order valence-corrected chi connectivity index (χ4v) is 3.86. The predicted octanol–water partition coefficient (Wildman–Crippen LogP) is 1.35. The number of carbonyl (C=O) groups is 1. The summed E-state index contributed by atoms with van der Waals surface area (Å²) in [5.74, 6) is -0.445. The Morgan fingerprint density at radius 2 is 1.77 bits per heavy atom. The van der Waals surface area contributed by atoms with E-state index < -0.39 is 10.0 Å². The number of likely N-dealkylation sites (N-methyl/N-ethyl adjacent to an activating group) is 1. The molecule has 0 saturated carbocycles. The molecule has 122 valence electrons. The highest BCUT2D eigenvalue weighted by molar-refractivity contribution is 9.10. The van der Waals surface area contributed by atoms with Gasteiger partial charge in [-0.1, -0.05) is 15.9 Å². The van der Waals surface area contributed by atoms with Crippen LogP contribution in [0.15, 0.2) is 28.7 Å². The largest absolute Gasteiger partial charge is 0.326 e. The van der Waals surface area contributed by atoms with Crippen molar-refractivity contribution in [2.75, 3.05) is 44.3 Å². The first-order valence-electron chi connectivity index (χ1n) is 7.08. The molecule has 1 saturated heterocycles. The molecule has 1 aliphatic heterocycles. The third-order valence-corrected chi connectivity index (χ3v) is 5.97. The Morgan fingerprint density at radius 1 is 1.18 bits per heavy atom. The number of sulfonamides is 1. The molecule has 6 nitrogen and oxygen atoms in total. The maximum absolute atomic E-state index is 12.2. The topological polar surface area (TPSA) is 69.7 Å². The van der Waals surface area contributed by atoms with Gasteiger partial charge in [-0.05, 0) is 31.3 Å². The van der Waals surface area contributed by atoms with E-state index in [1.807, 2.05) is 19.2 Å². The zero-order valence-electron chi connectivity index (χ0n) is 12.5. The molecule has 1 aliphatic rings. The molecular formula is C14H20BrN3O3S. The fraction of sp³-hybridized carbons (Fsp3) is 0.500. The minimum atomic E-state index is -3.36. The maximum atomic E-state index is 12.2. The zero-order valence-corrected chi connectivity index (χ0v) is 14.9. The summed E-state index contributed by atoms with van der Waals surface area (Å²) in [5, 5.41) is 2.70. The van der Waals surface area contributed by atoms with Crippen LogP contribution in [-0.2, 0) is 14.8 Å². The van der Waals surface area contributed by atoms with Crippen LogP contribution in [0, 0.1) is 0 Å². The molecule has 0 radical (unpaired) electrons. The lowest BCUT2D eigenvalue weighted by atomic mass is 10.3. The lowest BCUT2D eigenvalue weighted by molar-refractivity contribution is -0.115. The summed E-state index contributed by atoms with van der Waals surface area (Å²) in [6.45, 7) is 2.44. The standard InChI is InChI=1S/C14H20BrN3O3S/c1-17-7-9-18(10-8-17)22(20,21)11-6-14(19)16-13-4-2-12(15)3-5-13/h2-5H,6-11H2,1H3,(H,16,19). The second kappa shape index (κ2) is 7.54. The Kier molecular flexibility index (Phi) is 5.96. The van der Waals surface area contributed by atoms with Crippen LogP contribution in [0.4, 0.5) is 5.69 Å². The zero-order chi connectivity index (χ0) is 16.2. The van der Waals surface area contributed by atoms with Gasteiger partial charge in [0.15, 0.2) is 0 Å². The van der Waals surface area contributed by atoms with Crippen molar-refractivity contribution < 1.29 is 13.2 Å². The molecule has 0 unspecified atom stereocenters. The number of nitrogens with zero attached hydrogens (tertiary/aromatic N) is 2. The van der Waals surface area contributed by atoms with E-state index in [1.165, 1.54) is 4.31 Å². The SMILES string of the molecule is CN1CCN(S(=O)(=O)CCC(=O)Nc2ccc(Br)cc2)CC1. The van der Waals surface area contributed by atoms with Gasteiger partial charge in [0.1, 0.15) is 0 Å². The smallest absolute Gasteiger partial charge is 0.225 e. The summed E-state index contributed by atoms with van der Waals surface area (Å²) >= 11 is 3.32. The summed E-state index contributed by atoms with van der Waals surface area (Å²) in [6.07, 6.45) is -0.0370. The van der Waals surface area contributed by atoms with E-state index in [0.717, 1.165) is 17.6 Å². The molecule has 1 amide bonds. The van der Waals surface area contributed by atoms with Gasteiger partial charge in [-0.15, -0.1) is 0 Å². The van der Waals surface area contributed by atoms with Crippen molar-refractivity contribution in [3.05, 3.63) is 28.7 Å². The third kappa shape index (κ3) is 5.05. The summed E-state index contributed by atoms with van der Waals surface area (Å²) in [7, 11) is -1.39. The van der Waals surface area contributed by atoms with Crippen LogP contribution in [0.3, 0.4) is 0 Å². The number of amides is 1. The number of anilines is 1. The molecular weight excluding hydrogens is 370 g/mol. The van der Waals surface area contributed by atoms with E-state index in [9.17, 15) is 13.2 Å². The molecule has 0 atom stereocenters. The normalized spacial score (nSPS) is 17.4. The van der Waals surface area contributed by atoms with Crippen LogP contribution in [0.5, 0.6) is 0 Å². The van der Waals surface area contributed by atoms with Gasteiger partial charge in [-0.25, -0.2) is 8.42 Å². The van der Waals surface area contributed by atoms with Crippen LogP contribution >= 0.6 is 15.9 Å². The minimum Gasteiger partial charge on any atom is -0.326 e. The molecule has 1 heterocycles. The highest BCUT2D eigenvalue weighted by Crippen LogP contribution is 2.14. The molecule has 2 rings (SSSR count). The first kappa shape index (κ1) is 17.4. The summed E-state index contributed by atoms with van der Waals surface area (Å²) in [6, 6.07) is 7.15. The van der Waals surface area contributed by atoms with E-state index in [2.05, 4.69) is 26.1 Å². The van der Waals surface area contributed by atoms with E-state index in [-0.39, 0.29) is 18.1 Å². The van der Waals surface area contributed by atoms with Gasteiger partial charge >= 0.3 is 0 Å². The van der Waals surface area contributed by atoms with Crippen molar-refractivity contribution in [2.24, 2.45) is 0 Å². The Morgan fingerprint density at radius 3 is 2.36 bits per heavy atom. The molecule has 0 aliphatic carbocycles. The number of carbonyl (C=O) groups excluding carboxylic acids is 1. The third-order valence-electron chi connectivity index (χ3n) is 3.57. The number of piperazine rings is 1. The van der Waals surface area contributed by atoms with Crippen molar-refractivity contribution in [2.45, 2.75) is 6.42 Å². The number of rotatable bonds is 5. The maximum Gasteiger partial charge on any atom is 0.225 e. The minimum absolute atomic E-state index is 0.0370. The van der Waals surface area contributed by atoms with Crippen LogP contribution in [0.2, 0.25) is 0 Å². The predicted molar refractivity (Wildman–Crippen MR) is 90.2 cm³/mol. The van der Waals surface area contributed by atoms with Gasteiger partial charge < -0.3 is 10.2 Å². The van der Waals surface area contributed by atoms with Crippen LogP contribution in [-0.4, -0.2) is 62.5 Å². The summed E-state index contributed by atoms with van der Waals surface area (Å²) in [5.41, 5.74) is 0.658. The van der Waals surface area contributed by atoms with Crippen molar-refractivity contribution in [1.29, 1.82) is 0 Å². The van der Waals surface area contributed by atoms with Crippen molar-refractivity contribution in [3.63, 3.8) is 0 Å². The van der Waals surface area contributed by atoms with Crippen molar-refractivity contribution in [1.82, 2.24) is 9.21 Å². The molecule has 1 fully saturated rings. The van der Waals surface area contributed by atoms with E-state index in [1.54, 1.807) is 12.1 Å². The van der Waals surface area contributed by atoms with Crippen LogP contribution in [0.25, 0.3) is 0 Å². The quantitative estimate of drug-likeness (QED) is 0.824. The first-order chi connectivity index (χ1) is 10.4. The van der Waals surface area contributed by atoms with Gasteiger partial charge in [0.05, 0.1) is 5.75 Å². The van der Waals surface area contributed by atoms with Crippen LogP contribution in [0.1, 0.15) is 6.42 Å². The van der Waals surface area contributed by atoms with Gasteiger partial charge in [-0.3, -0.25) is 4.79 Å². The van der Waals surface area contributed by atoms with E-state index >= 15 is 0 Å². The van der Waals surface area contributed by atoms with Gasteiger partial charge in [0.25, 0.3) is 0 Å². The monoisotopic (exact) mass is 389 g/mol. The van der Waals surface area contributed by atoms with Gasteiger partial charge in [-0.2, -0.15) is 4.31 Å². The molecule has 8 heteroatoms. The highest BCUT2D eigenvalue weighted by Gasteiger charge is 2.26. The number of halogens is 1. The van der Waals surface area contributed by atoms with Crippen molar-refractivity contribution >= 4 is 37.5 Å². The highest BCUT2D eigenvalue weighted by atomic mass is 79.9. The lowest BCUT2D eigenvalue weighted by Crippen LogP contribution is -2.47. The number of benzene rings is 1. The number of hydrogen-bond donors (Lipinski definition) is 1. The fourth-order valence-electron chi connectivity index (χ4n) is 2.17. The Hall–Kier alpha value is -0.960. The Labute approximate surface area is 139 Å². The number of nitrogens with one attached hydrogen (secondary N) is 1. The second-order valence-electron chi connectivity index (χ2n) is 5.32. The van der Waals surface area contributed by atoms with Crippen molar-refractivity contribution in [3.8, 4) is 0 Å². The van der Waals surface area contributed by atoms with Crippen LogP contribution < -0.4 is 5.32 Å². The molecule has 22 heavy (non-hydrogen) atoms. The molecule has 1 N–H and O–H groups in total. The van der Waals surface area contributed by atoms with E-state index in [4.69, 9.17) is 0 Å². The molecule has 0 aromatic heterocycles. The van der Waals surface area contributed by atoms with Gasteiger partial charge in [0.2, 0.25) is 15.9 Å². The Balaban J connectivity index is 1.83. The van der Waals surface area contributed by atoms with E-state index in [0.29, 0.717) is 18.8 Å². The molecule has 1 aromatic carbocycles.